The van der Waals surface area contributed by atoms with Gasteiger partial charge in [-0.25, -0.2) is 9.37 Å². The number of hydrogen-bond donors (Lipinski definition) is 4. The smallest absolute Gasteiger partial charge is 0.280 e. The van der Waals surface area contributed by atoms with Crippen molar-refractivity contribution in [3.8, 4) is 0 Å². The van der Waals surface area contributed by atoms with Gasteiger partial charge in [0.2, 0.25) is 5.95 Å². The molecule has 0 aromatic carbocycles. The number of hydrogen-bond acceptors (Lipinski definition) is 7. The van der Waals surface area contributed by atoms with Crippen LogP contribution in [0, 0.1) is 0 Å². The lowest BCUT2D eigenvalue weighted by Gasteiger charge is -2.26. The summed E-state index contributed by atoms with van der Waals surface area (Å²) in [4.78, 5) is 21.7. The van der Waals surface area contributed by atoms with Crippen LogP contribution in [0.1, 0.15) is 6.23 Å². The molecule has 1 aliphatic rings. The number of alkyl halides is 2. The van der Waals surface area contributed by atoms with Gasteiger partial charge in [-0.2, -0.15) is 4.98 Å². The molecule has 0 bridgehead atoms. The van der Waals surface area contributed by atoms with E-state index in [2.05, 4.69) is 15.0 Å². The summed E-state index contributed by atoms with van der Waals surface area (Å²) in [6, 6.07) is 0. The van der Waals surface area contributed by atoms with E-state index >= 15 is 0 Å². The van der Waals surface area contributed by atoms with Crippen LogP contribution in [0.25, 0.3) is 11.2 Å². The maximum Gasteiger partial charge on any atom is 0.280 e. The zero-order valence-corrected chi connectivity index (χ0v) is 11.9. The van der Waals surface area contributed by atoms with Crippen LogP contribution in [0.5, 0.6) is 0 Å². The summed E-state index contributed by atoms with van der Waals surface area (Å²) in [5.41, 5.74) is 3.19. The predicted molar refractivity (Wildman–Crippen MR) is 74.1 cm³/mol. The Hall–Kier alpha value is -1.75. The lowest BCUT2D eigenvalue weighted by molar-refractivity contribution is -0.113. The fourth-order valence-corrected chi connectivity index (χ4v) is 2.75. The molecule has 4 atom stereocenters. The van der Waals surface area contributed by atoms with Crippen LogP contribution in [0.15, 0.2) is 11.1 Å². The highest BCUT2D eigenvalue weighted by molar-refractivity contribution is 6.18. The molecule has 0 radical (unpaired) electrons. The van der Waals surface area contributed by atoms with Gasteiger partial charge in [0.1, 0.15) is 11.7 Å². The fourth-order valence-electron chi connectivity index (χ4n) is 2.44. The average Bonchev–Trinajstić information content (AvgIpc) is 3.01. The number of aromatic amines is 1. The van der Waals surface area contributed by atoms with Crippen molar-refractivity contribution in [1.29, 1.82) is 0 Å². The molecule has 9 nitrogen and oxygen atoms in total. The van der Waals surface area contributed by atoms with Gasteiger partial charge in [-0.3, -0.25) is 14.3 Å². The van der Waals surface area contributed by atoms with E-state index in [9.17, 15) is 19.4 Å². The van der Waals surface area contributed by atoms with Gasteiger partial charge in [0.15, 0.2) is 23.6 Å². The Labute approximate surface area is 127 Å². The van der Waals surface area contributed by atoms with E-state index in [4.69, 9.17) is 22.1 Å². The molecule has 3 rings (SSSR count). The van der Waals surface area contributed by atoms with Crippen molar-refractivity contribution in [2.75, 3.05) is 18.2 Å². The standard InChI is InChI=1S/C11H13ClFN5O4/c12-1-11(2-19)6(20)4(13)9(22-11)18-3-15-5-7(18)16-10(14)17-8(5)21/h3-4,6,9,19-20H,1-2H2,(H3,14,16,17,21)/t4-,6-,9+,11+/m0/s1. The monoisotopic (exact) mass is 333 g/mol. The molecular formula is C11H13ClFN5O4. The van der Waals surface area contributed by atoms with Gasteiger partial charge in [-0.15, -0.1) is 11.6 Å². The first-order valence-electron chi connectivity index (χ1n) is 6.32. The van der Waals surface area contributed by atoms with Crippen molar-refractivity contribution in [3.05, 3.63) is 16.7 Å². The molecular weight excluding hydrogens is 321 g/mol. The third-order valence-corrected chi connectivity index (χ3v) is 4.14. The third-order valence-electron chi connectivity index (χ3n) is 3.69. The van der Waals surface area contributed by atoms with Gasteiger partial charge in [0.05, 0.1) is 18.8 Å². The number of imidazole rings is 1. The first kappa shape index (κ1) is 15.2. The Morgan fingerprint density at radius 2 is 2.36 bits per heavy atom. The molecule has 11 heteroatoms. The number of H-pyrrole nitrogens is 1. The zero-order valence-electron chi connectivity index (χ0n) is 11.1. The first-order valence-corrected chi connectivity index (χ1v) is 6.86. The van der Waals surface area contributed by atoms with Crippen molar-refractivity contribution in [3.63, 3.8) is 0 Å². The number of anilines is 1. The van der Waals surface area contributed by atoms with Crippen LogP contribution >= 0.6 is 11.6 Å². The summed E-state index contributed by atoms with van der Waals surface area (Å²) in [5, 5.41) is 19.3. The molecule has 1 aliphatic heterocycles. The van der Waals surface area contributed by atoms with Crippen molar-refractivity contribution in [2.45, 2.75) is 24.1 Å². The Morgan fingerprint density at radius 1 is 1.64 bits per heavy atom. The summed E-state index contributed by atoms with van der Waals surface area (Å²) in [6.45, 7) is -0.669. The first-order chi connectivity index (χ1) is 10.4. The number of halogens is 2. The van der Waals surface area contributed by atoms with E-state index in [0.29, 0.717) is 0 Å². The lowest BCUT2D eigenvalue weighted by atomic mass is 9.99. The minimum Gasteiger partial charge on any atom is -0.393 e. The number of nitrogens with one attached hydrogen (secondary N) is 1. The maximum absolute atomic E-state index is 14.4. The number of fused-ring (bicyclic) bond motifs is 1. The Kier molecular flexibility index (Phi) is 3.56. The van der Waals surface area contributed by atoms with Crippen LogP contribution in [0.3, 0.4) is 0 Å². The summed E-state index contributed by atoms with van der Waals surface area (Å²) < 4.78 is 21.0. The van der Waals surface area contributed by atoms with Crippen LogP contribution in [0.4, 0.5) is 10.3 Å². The zero-order chi connectivity index (χ0) is 16.1. The molecule has 1 fully saturated rings. The molecule has 1 saturated heterocycles. The molecule has 0 aliphatic carbocycles. The van der Waals surface area contributed by atoms with Gasteiger partial charge in [-0.05, 0) is 0 Å². The van der Waals surface area contributed by atoms with Gasteiger partial charge in [-0.1, -0.05) is 0 Å². The van der Waals surface area contributed by atoms with Crippen LogP contribution in [-0.4, -0.2) is 60.1 Å². The van der Waals surface area contributed by atoms with E-state index in [0.717, 1.165) is 10.9 Å². The highest BCUT2D eigenvalue weighted by Gasteiger charge is 2.55. The second kappa shape index (κ2) is 5.16. The van der Waals surface area contributed by atoms with E-state index in [-0.39, 0.29) is 23.0 Å². The predicted octanol–water partition coefficient (Wildman–Crippen LogP) is -1.10. The van der Waals surface area contributed by atoms with E-state index in [1.165, 1.54) is 0 Å². The Bertz CT molecular complexity index is 761. The van der Waals surface area contributed by atoms with Crippen molar-refractivity contribution in [2.24, 2.45) is 0 Å². The molecule has 22 heavy (non-hydrogen) atoms. The van der Waals surface area contributed by atoms with Gasteiger partial charge < -0.3 is 20.7 Å². The molecule has 0 unspecified atom stereocenters. The van der Waals surface area contributed by atoms with E-state index in [1.807, 2.05) is 0 Å². The lowest BCUT2D eigenvalue weighted by Crippen LogP contribution is -2.47. The van der Waals surface area contributed by atoms with Crippen molar-refractivity contribution < 1.29 is 19.3 Å². The molecule has 3 heterocycles. The van der Waals surface area contributed by atoms with Crippen molar-refractivity contribution in [1.82, 2.24) is 19.5 Å². The fraction of sp³-hybridized carbons (Fsp3) is 0.545. The quantitative estimate of drug-likeness (QED) is 0.523. The van der Waals surface area contributed by atoms with Crippen LogP contribution in [-0.2, 0) is 4.74 Å². The number of ether oxygens (including phenoxy) is 1. The number of nitrogens with two attached hydrogens (primary N) is 1. The molecule has 2 aromatic heterocycles. The highest BCUT2D eigenvalue weighted by atomic mass is 35.5. The number of aliphatic hydroxyl groups is 2. The van der Waals surface area contributed by atoms with Gasteiger partial charge in [0, 0.05) is 0 Å². The van der Waals surface area contributed by atoms with E-state index in [1.54, 1.807) is 0 Å². The average molecular weight is 334 g/mol. The number of aliphatic hydroxyl groups excluding tert-OH is 2. The highest BCUT2D eigenvalue weighted by Crippen LogP contribution is 2.40. The summed E-state index contributed by atoms with van der Waals surface area (Å²) >= 11 is 5.69. The number of nitrogen functional groups attached to an aromatic ring is 1. The molecule has 0 spiro atoms. The molecule has 120 valence electrons. The summed E-state index contributed by atoms with van der Waals surface area (Å²) in [5.74, 6) is -0.483. The number of rotatable bonds is 3. The minimum absolute atomic E-state index is 0.00409. The molecule has 2 aromatic rings. The second-order valence-electron chi connectivity index (χ2n) is 5.03. The SMILES string of the molecule is Nc1nc2c(ncn2[C@@H]2O[C@@](CO)(CCl)[C@@H](O)[C@@H]2F)c(=O)[nH]1. The Balaban J connectivity index is 2.11. The van der Waals surface area contributed by atoms with Gasteiger partial charge in [0.25, 0.3) is 5.56 Å². The normalized spacial score (nSPS) is 31.9. The molecule has 0 saturated carbocycles. The molecule has 5 N–H and O–H groups in total. The third kappa shape index (κ3) is 1.99. The van der Waals surface area contributed by atoms with Crippen molar-refractivity contribution >= 4 is 28.7 Å². The number of aromatic nitrogens is 4. The summed E-state index contributed by atoms with van der Waals surface area (Å²) in [6.07, 6.45) is -3.74. The minimum atomic E-state index is -1.90. The van der Waals surface area contributed by atoms with Crippen LogP contribution < -0.4 is 11.3 Å². The van der Waals surface area contributed by atoms with E-state index < -0.39 is 36.3 Å². The number of nitrogens with zero attached hydrogens (tertiary/aromatic N) is 3. The van der Waals surface area contributed by atoms with Gasteiger partial charge >= 0.3 is 0 Å². The topological polar surface area (TPSA) is 139 Å². The Morgan fingerprint density at radius 3 is 2.95 bits per heavy atom. The summed E-state index contributed by atoms with van der Waals surface area (Å²) in [7, 11) is 0. The second-order valence-corrected chi connectivity index (χ2v) is 5.30. The van der Waals surface area contributed by atoms with Crippen LogP contribution in [0.2, 0.25) is 0 Å². The maximum atomic E-state index is 14.4. The molecule has 0 amide bonds. The largest absolute Gasteiger partial charge is 0.393 e.